The second kappa shape index (κ2) is 11.2. The fourth-order valence-corrected chi connectivity index (χ4v) is 4.75. The highest BCUT2D eigenvalue weighted by molar-refractivity contribution is 8.01. The van der Waals surface area contributed by atoms with Gasteiger partial charge >= 0.3 is 5.97 Å². The smallest absolute Gasteiger partial charge is 0.302 e. The number of nitrogens with one attached hydrogen (secondary N) is 2. The molecule has 0 saturated carbocycles. The third kappa shape index (κ3) is 8.19. The van der Waals surface area contributed by atoms with Gasteiger partial charge in [0.2, 0.25) is 11.8 Å². The Hall–Kier alpha value is -1.78. The van der Waals surface area contributed by atoms with E-state index < -0.39 is 0 Å². The average Bonchev–Trinajstić information content (AvgIpc) is 3.00. The highest BCUT2D eigenvalue weighted by atomic mass is 32.2. The number of thiazole rings is 1. The van der Waals surface area contributed by atoms with Gasteiger partial charge in [0.15, 0.2) is 4.34 Å². The minimum atomic E-state index is -0.284. The molecule has 1 aromatic heterocycles. The molecule has 2 N–H and O–H groups in total. The number of anilines is 1. The Morgan fingerprint density at radius 3 is 2.78 bits per heavy atom. The Kier molecular flexibility index (Phi) is 8.89. The topological polar surface area (TPSA) is 97.4 Å². The fraction of sp³-hybridized carbons (Fsp3) is 0.412. The highest BCUT2D eigenvalue weighted by Gasteiger charge is 2.08. The van der Waals surface area contributed by atoms with E-state index >= 15 is 0 Å². The van der Waals surface area contributed by atoms with E-state index in [2.05, 4.69) is 15.6 Å². The van der Waals surface area contributed by atoms with Crippen LogP contribution in [0.4, 0.5) is 5.69 Å². The second-order valence-electron chi connectivity index (χ2n) is 5.43. The van der Waals surface area contributed by atoms with Gasteiger partial charge in [-0.2, -0.15) is 0 Å². The van der Waals surface area contributed by atoms with Gasteiger partial charge in [0.1, 0.15) is 6.61 Å². The molecule has 0 fully saturated rings. The molecule has 27 heavy (non-hydrogen) atoms. The van der Waals surface area contributed by atoms with Crippen molar-refractivity contribution in [3.05, 3.63) is 18.2 Å². The van der Waals surface area contributed by atoms with E-state index in [1.165, 1.54) is 37.4 Å². The fourth-order valence-electron chi connectivity index (χ4n) is 1.97. The molecule has 7 nitrogen and oxygen atoms in total. The molecule has 10 heteroatoms. The number of fused-ring (bicyclic) bond motifs is 1. The van der Waals surface area contributed by atoms with Crippen molar-refractivity contribution in [3.8, 4) is 0 Å². The largest absolute Gasteiger partial charge is 0.465 e. The maximum absolute atomic E-state index is 12.0. The van der Waals surface area contributed by atoms with Crippen LogP contribution >= 0.6 is 34.9 Å². The summed E-state index contributed by atoms with van der Waals surface area (Å²) in [4.78, 5) is 38.0. The number of hydrogen-bond donors (Lipinski definition) is 2. The summed E-state index contributed by atoms with van der Waals surface area (Å²) >= 11 is 4.58. The van der Waals surface area contributed by atoms with E-state index in [4.69, 9.17) is 4.74 Å². The van der Waals surface area contributed by atoms with Crippen LogP contribution in [-0.2, 0) is 19.1 Å². The summed E-state index contributed by atoms with van der Waals surface area (Å²) in [7, 11) is 0. The maximum Gasteiger partial charge on any atom is 0.302 e. The molecular weight excluding hydrogens is 406 g/mol. The van der Waals surface area contributed by atoms with Gasteiger partial charge in [0.25, 0.3) is 0 Å². The molecule has 0 aliphatic rings. The van der Waals surface area contributed by atoms with E-state index in [1.807, 2.05) is 18.2 Å². The van der Waals surface area contributed by atoms with Crippen LogP contribution in [0.3, 0.4) is 0 Å². The van der Waals surface area contributed by atoms with Crippen molar-refractivity contribution < 1.29 is 19.1 Å². The Labute approximate surface area is 170 Å². The number of amides is 2. The van der Waals surface area contributed by atoms with E-state index in [9.17, 15) is 14.4 Å². The lowest BCUT2D eigenvalue weighted by molar-refractivity contribution is -0.140. The molecule has 0 bridgehead atoms. The molecular formula is C17H21N3O4S3. The Balaban J connectivity index is 1.80. The lowest BCUT2D eigenvalue weighted by Gasteiger charge is -2.05. The maximum atomic E-state index is 12.0. The van der Waals surface area contributed by atoms with Gasteiger partial charge in [-0.1, -0.05) is 11.8 Å². The number of esters is 1. The van der Waals surface area contributed by atoms with E-state index in [0.29, 0.717) is 30.4 Å². The van der Waals surface area contributed by atoms with Crippen LogP contribution in [0.25, 0.3) is 10.2 Å². The molecule has 2 aromatic rings. The van der Waals surface area contributed by atoms with Gasteiger partial charge in [-0.25, -0.2) is 4.98 Å². The highest BCUT2D eigenvalue weighted by Crippen LogP contribution is 2.31. The summed E-state index contributed by atoms with van der Waals surface area (Å²) in [5.74, 6) is 1.37. The number of carbonyl (C=O) groups excluding carboxylic acids is 3. The zero-order valence-electron chi connectivity index (χ0n) is 15.1. The zero-order chi connectivity index (χ0) is 19.6. The molecule has 2 rings (SSSR count). The van der Waals surface area contributed by atoms with Gasteiger partial charge in [0, 0.05) is 37.5 Å². The normalized spacial score (nSPS) is 10.6. The van der Waals surface area contributed by atoms with E-state index in [1.54, 1.807) is 11.3 Å². The van der Waals surface area contributed by atoms with Crippen molar-refractivity contribution in [2.24, 2.45) is 0 Å². The van der Waals surface area contributed by atoms with Crippen molar-refractivity contribution in [1.29, 1.82) is 0 Å². The molecule has 1 heterocycles. The summed E-state index contributed by atoms with van der Waals surface area (Å²) in [6.45, 7) is 3.21. The first kappa shape index (κ1) is 21.5. The second-order valence-corrected chi connectivity index (χ2v) is 8.91. The lowest BCUT2D eigenvalue weighted by atomic mass is 10.3. The number of ether oxygens (including phenoxy) is 1. The number of thioether (sulfide) groups is 2. The molecule has 0 saturated heterocycles. The molecule has 0 unspecified atom stereocenters. The van der Waals surface area contributed by atoms with Crippen LogP contribution < -0.4 is 10.6 Å². The Morgan fingerprint density at radius 2 is 2.04 bits per heavy atom. The van der Waals surface area contributed by atoms with Crippen LogP contribution in [0, 0.1) is 0 Å². The molecule has 0 atom stereocenters. The number of rotatable bonds is 10. The number of nitrogens with zero attached hydrogens (tertiary/aromatic N) is 1. The lowest BCUT2D eigenvalue weighted by Crippen LogP contribution is -2.19. The monoisotopic (exact) mass is 427 g/mol. The first-order valence-electron chi connectivity index (χ1n) is 8.23. The summed E-state index contributed by atoms with van der Waals surface area (Å²) < 4.78 is 6.79. The van der Waals surface area contributed by atoms with Crippen LogP contribution in [0.1, 0.15) is 20.3 Å². The first-order valence-corrected chi connectivity index (χ1v) is 11.2. The van der Waals surface area contributed by atoms with Crippen molar-refractivity contribution in [2.75, 3.05) is 29.3 Å². The number of hydrogen-bond acceptors (Lipinski definition) is 8. The van der Waals surface area contributed by atoms with Crippen molar-refractivity contribution in [2.45, 2.75) is 24.6 Å². The van der Waals surface area contributed by atoms with Crippen LogP contribution in [0.2, 0.25) is 0 Å². The third-order valence-corrected chi connectivity index (χ3v) is 6.13. The van der Waals surface area contributed by atoms with Gasteiger partial charge in [-0.05, 0) is 18.2 Å². The van der Waals surface area contributed by atoms with E-state index in [-0.39, 0.29) is 17.8 Å². The SMILES string of the molecule is CC(=O)NCSCCC(=O)Nc1ccc2nc(SCCOC(C)=O)sc2c1. The Bertz CT molecular complexity index is 810. The van der Waals surface area contributed by atoms with Crippen molar-refractivity contribution in [3.63, 3.8) is 0 Å². The number of aromatic nitrogens is 1. The number of benzene rings is 1. The van der Waals surface area contributed by atoms with E-state index in [0.717, 1.165) is 20.2 Å². The summed E-state index contributed by atoms with van der Waals surface area (Å²) in [6.07, 6.45) is 0.377. The predicted molar refractivity (Wildman–Crippen MR) is 111 cm³/mol. The quantitative estimate of drug-likeness (QED) is 0.260. The van der Waals surface area contributed by atoms with Crippen LogP contribution in [-0.4, -0.2) is 46.8 Å². The minimum absolute atomic E-state index is 0.0647. The zero-order valence-corrected chi connectivity index (χ0v) is 17.5. The van der Waals surface area contributed by atoms with Crippen LogP contribution in [0.15, 0.2) is 22.5 Å². The molecule has 0 aliphatic carbocycles. The molecule has 0 radical (unpaired) electrons. The standard InChI is InChI=1S/C17H21N3O4S3/c1-11(21)18-10-25-7-5-16(23)19-13-3-4-14-15(9-13)27-17(20-14)26-8-6-24-12(2)22/h3-4,9H,5-8,10H2,1-2H3,(H,18,21)(H,19,23). The van der Waals surface area contributed by atoms with Gasteiger partial charge < -0.3 is 15.4 Å². The molecule has 0 spiro atoms. The summed E-state index contributed by atoms with van der Waals surface area (Å²) in [5.41, 5.74) is 1.61. The third-order valence-electron chi connectivity index (χ3n) is 3.16. The van der Waals surface area contributed by atoms with Gasteiger partial charge in [-0.15, -0.1) is 23.1 Å². The molecule has 2 amide bonds. The average molecular weight is 428 g/mol. The molecule has 1 aromatic carbocycles. The van der Waals surface area contributed by atoms with Crippen molar-refractivity contribution >= 4 is 68.5 Å². The van der Waals surface area contributed by atoms with Crippen molar-refractivity contribution in [1.82, 2.24) is 10.3 Å². The molecule has 0 aliphatic heterocycles. The van der Waals surface area contributed by atoms with Crippen LogP contribution in [0.5, 0.6) is 0 Å². The van der Waals surface area contributed by atoms with Gasteiger partial charge in [0.05, 0.1) is 16.1 Å². The Morgan fingerprint density at radius 1 is 1.22 bits per heavy atom. The number of carbonyl (C=O) groups is 3. The first-order chi connectivity index (χ1) is 12.9. The predicted octanol–water partition coefficient (Wildman–Crippen LogP) is 3.11. The molecule has 146 valence electrons. The summed E-state index contributed by atoms with van der Waals surface area (Å²) in [5, 5.41) is 5.56. The summed E-state index contributed by atoms with van der Waals surface area (Å²) in [6, 6.07) is 5.62. The minimum Gasteiger partial charge on any atom is -0.465 e. The van der Waals surface area contributed by atoms with Gasteiger partial charge in [-0.3, -0.25) is 14.4 Å².